The second kappa shape index (κ2) is 8.07. The normalized spacial score (nSPS) is 11.1. The van der Waals surface area contributed by atoms with Crippen LogP contribution in [-0.4, -0.2) is 5.91 Å². The number of rotatable bonds is 4. The summed E-state index contributed by atoms with van der Waals surface area (Å²) < 4.78 is 6.73. The average Bonchev–Trinajstić information content (AvgIpc) is 3.09. The number of halogens is 1. The monoisotopic (exact) mass is 420 g/mol. The van der Waals surface area contributed by atoms with Crippen LogP contribution in [0.5, 0.6) is 0 Å². The van der Waals surface area contributed by atoms with Gasteiger partial charge in [0.05, 0.1) is 0 Å². The minimum atomic E-state index is -0.471. The molecule has 3 rings (SSSR count). The number of anilines is 1. The number of carbonyl (C=O) groups is 1. The van der Waals surface area contributed by atoms with Crippen molar-refractivity contribution in [2.45, 2.75) is 13.8 Å². The molecular weight excluding hydrogens is 404 g/mol. The summed E-state index contributed by atoms with van der Waals surface area (Å²) in [5.74, 6) is 0.625. The van der Waals surface area contributed by atoms with Crippen molar-refractivity contribution < 1.29 is 9.21 Å². The number of furan rings is 1. The summed E-state index contributed by atoms with van der Waals surface area (Å²) in [7, 11) is 0. The molecule has 134 valence electrons. The van der Waals surface area contributed by atoms with Crippen LogP contribution >= 0.6 is 15.9 Å². The van der Waals surface area contributed by atoms with Crippen molar-refractivity contribution >= 4 is 33.6 Å². The number of aryl methyl sites for hydroxylation is 2. The van der Waals surface area contributed by atoms with Gasteiger partial charge >= 0.3 is 0 Å². The molecule has 0 radical (unpaired) electrons. The zero-order valence-corrected chi connectivity index (χ0v) is 16.5. The fraction of sp³-hybridized carbons (Fsp3) is 0.0909. The summed E-state index contributed by atoms with van der Waals surface area (Å²) in [5.41, 5.74) is 3.61. The number of benzene rings is 2. The Kier molecular flexibility index (Phi) is 5.58. The maximum atomic E-state index is 12.4. The van der Waals surface area contributed by atoms with E-state index in [1.807, 2.05) is 62.4 Å². The lowest BCUT2D eigenvalue weighted by Crippen LogP contribution is -2.14. The number of nitriles is 1. The molecule has 0 atom stereocenters. The van der Waals surface area contributed by atoms with Crippen LogP contribution in [0.1, 0.15) is 16.9 Å². The van der Waals surface area contributed by atoms with E-state index in [4.69, 9.17) is 4.42 Å². The van der Waals surface area contributed by atoms with Crippen LogP contribution < -0.4 is 5.32 Å². The van der Waals surface area contributed by atoms with E-state index in [1.165, 1.54) is 6.08 Å². The van der Waals surface area contributed by atoms with Gasteiger partial charge < -0.3 is 9.73 Å². The minimum absolute atomic E-state index is 0.0258. The number of carbonyl (C=O) groups excluding carboxylic acids is 1. The SMILES string of the molecule is Cc1ccc(-c2ccc(C=C(C#N)C(=O)Nc3ccccc3C)o2)c(Br)c1. The fourth-order valence-electron chi connectivity index (χ4n) is 2.59. The predicted molar refractivity (Wildman–Crippen MR) is 110 cm³/mol. The Bertz CT molecular complexity index is 1070. The van der Waals surface area contributed by atoms with Crippen LogP contribution in [0.15, 0.2) is 69.1 Å². The third-order valence-corrected chi connectivity index (χ3v) is 4.72. The van der Waals surface area contributed by atoms with E-state index < -0.39 is 5.91 Å². The Hall–Kier alpha value is -3.10. The van der Waals surface area contributed by atoms with E-state index in [9.17, 15) is 10.1 Å². The molecule has 5 heteroatoms. The van der Waals surface area contributed by atoms with Gasteiger partial charge in [0, 0.05) is 21.8 Å². The van der Waals surface area contributed by atoms with Crippen molar-refractivity contribution in [3.63, 3.8) is 0 Å². The molecular formula is C22H17BrN2O2. The Balaban J connectivity index is 1.84. The average molecular weight is 421 g/mol. The first-order chi connectivity index (χ1) is 13.0. The van der Waals surface area contributed by atoms with Gasteiger partial charge in [-0.2, -0.15) is 5.26 Å². The summed E-state index contributed by atoms with van der Waals surface area (Å²) in [5, 5.41) is 12.1. The van der Waals surface area contributed by atoms with Gasteiger partial charge in [-0.15, -0.1) is 0 Å². The van der Waals surface area contributed by atoms with Crippen LogP contribution in [0.4, 0.5) is 5.69 Å². The number of hydrogen-bond donors (Lipinski definition) is 1. The quantitative estimate of drug-likeness (QED) is 0.423. The smallest absolute Gasteiger partial charge is 0.266 e. The second-order valence-electron chi connectivity index (χ2n) is 6.12. The number of hydrogen-bond acceptors (Lipinski definition) is 3. The van der Waals surface area contributed by atoms with Gasteiger partial charge in [-0.1, -0.05) is 40.2 Å². The van der Waals surface area contributed by atoms with Crippen molar-refractivity contribution in [3.8, 4) is 17.4 Å². The lowest BCUT2D eigenvalue weighted by atomic mass is 10.1. The van der Waals surface area contributed by atoms with Gasteiger partial charge in [0.15, 0.2) is 0 Å². The molecule has 0 fully saturated rings. The number of para-hydroxylation sites is 1. The first-order valence-electron chi connectivity index (χ1n) is 8.33. The number of amides is 1. The van der Waals surface area contributed by atoms with Gasteiger partial charge in [-0.05, 0) is 55.3 Å². The lowest BCUT2D eigenvalue weighted by Gasteiger charge is -2.06. The molecule has 27 heavy (non-hydrogen) atoms. The zero-order valence-electron chi connectivity index (χ0n) is 14.9. The number of nitrogens with one attached hydrogen (secondary N) is 1. The molecule has 0 unspecified atom stereocenters. The molecule has 1 aromatic heterocycles. The molecule has 0 saturated heterocycles. The molecule has 0 bridgehead atoms. The minimum Gasteiger partial charge on any atom is -0.457 e. The molecule has 0 aliphatic heterocycles. The Labute approximate surface area is 166 Å². The van der Waals surface area contributed by atoms with Crippen LogP contribution in [0.25, 0.3) is 17.4 Å². The highest BCUT2D eigenvalue weighted by Crippen LogP contribution is 2.31. The highest BCUT2D eigenvalue weighted by atomic mass is 79.9. The molecule has 0 saturated carbocycles. The topological polar surface area (TPSA) is 66.0 Å². The van der Waals surface area contributed by atoms with Gasteiger partial charge in [0.25, 0.3) is 5.91 Å². The maximum absolute atomic E-state index is 12.4. The van der Waals surface area contributed by atoms with Gasteiger partial charge in [0.1, 0.15) is 23.2 Å². The Morgan fingerprint density at radius 3 is 2.63 bits per heavy atom. The van der Waals surface area contributed by atoms with E-state index in [-0.39, 0.29) is 5.57 Å². The molecule has 1 amide bonds. The summed E-state index contributed by atoms with van der Waals surface area (Å²) in [6.07, 6.45) is 1.44. The molecule has 4 nitrogen and oxygen atoms in total. The van der Waals surface area contributed by atoms with Crippen LogP contribution in [-0.2, 0) is 4.79 Å². The van der Waals surface area contributed by atoms with Crippen LogP contribution in [0.2, 0.25) is 0 Å². The lowest BCUT2D eigenvalue weighted by molar-refractivity contribution is -0.112. The molecule has 0 aliphatic carbocycles. The summed E-state index contributed by atoms with van der Waals surface area (Å²) >= 11 is 3.53. The summed E-state index contributed by atoms with van der Waals surface area (Å²) in [6, 6.07) is 18.9. The molecule has 3 aromatic rings. The summed E-state index contributed by atoms with van der Waals surface area (Å²) in [6.45, 7) is 3.90. The van der Waals surface area contributed by atoms with E-state index >= 15 is 0 Å². The van der Waals surface area contributed by atoms with E-state index in [2.05, 4.69) is 21.2 Å². The molecule has 1 heterocycles. The Morgan fingerprint density at radius 1 is 1.15 bits per heavy atom. The Morgan fingerprint density at radius 2 is 1.93 bits per heavy atom. The largest absolute Gasteiger partial charge is 0.457 e. The third kappa shape index (κ3) is 4.36. The summed E-state index contributed by atoms with van der Waals surface area (Å²) in [4.78, 5) is 12.4. The van der Waals surface area contributed by atoms with Crippen molar-refractivity contribution in [2.75, 3.05) is 5.32 Å². The maximum Gasteiger partial charge on any atom is 0.266 e. The van der Waals surface area contributed by atoms with Crippen LogP contribution in [0, 0.1) is 25.2 Å². The molecule has 0 spiro atoms. The first-order valence-corrected chi connectivity index (χ1v) is 9.12. The zero-order chi connectivity index (χ0) is 19.4. The van der Waals surface area contributed by atoms with E-state index in [0.29, 0.717) is 17.2 Å². The van der Waals surface area contributed by atoms with Gasteiger partial charge in [-0.25, -0.2) is 0 Å². The highest BCUT2D eigenvalue weighted by molar-refractivity contribution is 9.10. The molecule has 0 aliphatic rings. The van der Waals surface area contributed by atoms with Crippen molar-refractivity contribution in [2.24, 2.45) is 0 Å². The third-order valence-electron chi connectivity index (χ3n) is 4.06. The molecule has 2 aromatic carbocycles. The van der Waals surface area contributed by atoms with Gasteiger partial charge in [0.2, 0.25) is 0 Å². The van der Waals surface area contributed by atoms with Crippen molar-refractivity contribution in [1.29, 1.82) is 5.26 Å². The van der Waals surface area contributed by atoms with E-state index in [0.717, 1.165) is 21.2 Å². The standard InChI is InChI=1S/C22H17BrN2O2/c1-14-7-9-18(19(23)11-14)21-10-8-17(27-21)12-16(13-24)22(26)25-20-6-4-3-5-15(20)2/h3-12H,1-2H3,(H,25,26). The van der Waals surface area contributed by atoms with E-state index in [1.54, 1.807) is 12.1 Å². The van der Waals surface area contributed by atoms with Crippen molar-refractivity contribution in [1.82, 2.24) is 0 Å². The van der Waals surface area contributed by atoms with Gasteiger partial charge in [-0.3, -0.25) is 4.79 Å². The fourth-order valence-corrected chi connectivity index (χ4v) is 3.28. The second-order valence-corrected chi connectivity index (χ2v) is 6.98. The first kappa shape index (κ1) is 18.7. The van der Waals surface area contributed by atoms with Crippen molar-refractivity contribution in [3.05, 3.63) is 81.5 Å². The predicted octanol–water partition coefficient (Wildman–Crippen LogP) is 5.87. The van der Waals surface area contributed by atoms with Crippen LogP contribution in [0.3, 0.4) is 0 Å². The molecule has 1 N–H and O–H groups in total. The highest BCUT2D eigenvalue weighted by Gasteiger charge is 2.13. The number of nitrogens with zero attached hydrogens (tertiary/aromatic N) is 1.